The first kappa shape index (κ1) is 19.5. The highest BCUT2D eigenvalue weighted by atomic mass is 32.2. The van der Waals surface area contributed by atoms with E-state index in [4.69, 9.17) is 4.99 Å². The zero-order chi connectivity index (χ0) is 19.1. The maximum atomic E-state index is 11.8. The molecule has 4 fully saturated rings. The van der Waals surface area contributed by atoms with Gasteiger partial charge in [-0.25, -0.2) is 8.42 Å². The normalized spacial score (nSPS) is 37.3. The number of fused-ring (bicyclic) bond motifs is 2. The van der Waals surface area contributed by atoms with Gasteiger partial charge in [0.15, 0.2) is 15.8 Å². The van der Waals surface area contributed by atoms with Crippen molar-refractivity contribution in [2.24, 2.45) is 28.2 Å². The third-order valence-corrected chi connectivity index (χ3v) is 9.95. The molecule has 27 heavy (non-hydrogen) atoms. The fourth-order valence-electron chi connectivity index (χ4n) is 6.00. The van der Waals surface area contributed by atoms with Gasteiger partial charge in [-0.05, 0) is 68.1 Å². The van der Waals surface area contributed by atoms with Crippen molar-refractivity contribution in [1.29, 1.82) is 0 Å². The van der Waals surface area contributed by atoms with Gasteiger partial charge in [-0.1, -0.05) is 20.3 Å². The highest BCUT2D eigenvalue weighted by Gasteiger charge is 2.42. The van der Waals surface area contributed by atoms with Crippen LogP contribution in [0, 0.1) is 23.2 Å². The van der Waals surface area contributed by atoms with Gasteiger partial charge in [-0.2, -0.15) is 0 Å². The van der Waals surface area contributed by atoms with E-state index in [-0.39, 0.29) is 5.92 Å². The van der Waals surface area contributed by atoms with Gasteiger partial charge in [0.25, 0.3) is 0 Å². The van der Waals surface area contributed by atoms with Gasteiger partial charge in [0, 0.05) is 25.7 Å². The van der Waals surface area contributed by atoms with E-state index in [1.165, 1.54) is 44.9 Å². The molecule has 2 heterocycles. The molecule has 0 aromatic rings. The first-order chi connectivity index (χ1) is 12.9. The van der Waals surface area contributed by atoms with Crippen molar-refractivity contribution in [2.75, 3.05) is 31.1 Å². The predicted octanol–water partition coefficient (Wildman–Crippen LogP) is 3.07. The molecule has 4 atom stereocenters. The molecule has 154 valence electrons. The molecule has 2 saturated carbocycles. The minimum Gasteiger partial charge on any atom is -0.353 e. The van der Waals surface area contributed by atoms with Crippen LogP contribution < -0.4 is 5.32 Å². The Balaban J connectivity index is 1.46. The standard InChI is InChI=1S/C21H37N3O2S/c1-3-21(4-2)8-9-24(15-21)20(22-13-17-7-10-27(25,26)14-17)23-19-12-16-5-6-18(19)11-16/h16-19H,3-15H2,1-2H3,(H,22,23). The molecular formula is C21H37N3O2S. The smallest absolute Gasteiger partial charge is 0.194 e. The second-order valence-corrected chi connectivity index (χ2v) is 12.0. The van der Waals surface area contributed by atoms with Crippen LogP contribution in [0.5, 0.6) is 0 Å². The van der Waals surface area contributed by atoms with Crippen molar-refractivity contribution in [2.45, 2.75) is 71.3 Å². The Morgan fingerprint density at radius 3 is 2.56 bits per heavy atom. The lowest BCUT2D eigenvalue weighted by atomic mass is 9.82. The van der Waals surface area contributed by atoms with Gasteiger partial charge in [-0.15, -0.1) is 0 Å². The van der Waals surface area contributed by atoms with Crippen LogP contribution in [0.3, 0.4) is 0 Å². The molecule has 5 nitrogen and oxygen atoms in total. The van der Waals surface area contributed by atoms with Crippen molar-refractivity contribution in [3.05, 3.63) is 0 Å². The third kappa shape index (κ3) is 4.15. The average Bonchev–Trinajstić information content (AvgIpc) is 3.42. The van der Waals surface area contributed by atoms with E-state index in [1.54, 1.807) is 0 Å². The van der Waals surface area contributed by atoms with E-state index in [0.29, 0.717) is 29.5 Å². The van der Waals surface area contributed by atoms with E-state index in [1.807, 2.05) is 0 Å². The number of likely N-dealkylation sites (tertiary alicyclic amines) is 1. The highest BCUT2D eigenvalue weighted by molar-refractivity contribution is 7.91. The summed E-state index contributed by atoms with van der Waals surface area (Å²) in [7, 11) is -2.82. The van der Waals surface area contributed by atoms with Gasteiger partial charge in [0.1, 0.15) is 0 Å². The minimum atomic E-state index is -2.82. The van der Waals surface area contributed by atoms with Crippen molar-refractivity contribution in [1.82, 2.24) is 10.2 Å². The second kappa shape index (κ2) is 7.57. The third-order valence-electron chi connectivity index (χ3n) is 8.12. The van der Waals surface area contributed by atoms with Crippen molar-refractivity contribution in [3.63, 3.8) is 0 Å². The number of nitrogens with one attached hydrogen (secondary N) is 1. The van der Waals surface area contributed by atoms with E-state index in [2.05, 4.69) is 24.1 Å². The number of rotatable bonds is 5. The summed E-state index contributed by atoms with van der Waals surface area (Å²) in [5, 5.41) is 3.85. The number of aliphatic imine (C=N–C) groups is 1. The number of nitrogens with zero attached hydrogens (tertiary/aromatic N) is 2. The van der Waals surface area contributed by atoms with Crippen LogP contribution in [0.4, 0.5) is 0 Å². The first-order valence-electron chi connectivity index (χ1n) is 11.2. The molecule has 4 rings (SSSR count). The predicted molar refractivity (Wildman–Crippen MR) is 111 cm³/mol. The van der Waals surface area contributed by atoms with Gasteiger partial charge in [0.05, 0.1) is 11.5 Å². The van der Waals surface area contributed by atoms with E-state index in [9.17, 15) is 8.42 Å². The van der Waals surface area contributed by atoms with Crippen LogP contribution in [0.1, 0.15) is 65.2 Å². The summed E-state index contributed by atoms with van der Waals surface area (Å²) in [6.07, 6.45) is 9.93. The van der Waals surface area contributed by atoms with Crippen molar-refractivity contribution >= 4 is 15.8 Å². The zero-order valence-corrected chi connectivity index (χ0v) is 17.9. The molecule has 6 heteroatoms. The molecular weight excluding hydrogens is 358 g/mol. The molecule has 0 radical (unpaired) electrons. The highest BCUT2D eigenvalue weighted by Crippen LogP contribution is 2.44. The maximum Gasteiger partial charge on any atom is 0.194 e. The Morgan fingerprint density at radius 1 is 1.19 bits per heavy atom. The fourth-order valence-corrected chi connectivity index (χ4v) is 7.85. The fraction of sp³-hybridized carbons (Fsp3) is 0.952. The number of sulfone groups is 1. The van der Waals surface area contributed by atoms with Crippen LogP contribution >= 0.6 is 0 Å². The summed E-state index contributed by atoms with van der Waals surface area (Å²) < 4.78 is 23.6. The molecule has 4 aliphatic rings. The zero-order valence-electron chi connectivity index (χ0n) is 17.1. The molecule has 1 N–H and O–H groups in total. The van der Waals surface area contributed by atoms with Crippen LogP contribution in [0.25, 0.3) is 0 Å². The van der Waals surface area contributed by atoms with Crippen LogP contribution in [-0.2, 0) is 9.84 Å². The summed E-state index contributed by atoms with van der Waals surface area (Å²) in [5.74, 6) is 3.68. The molecule has 2 saturated heterocycles. The Kier molecular flexibility index (Phi) is 5.47. The van der Waals surface area contributed by atoms with Crippen LogP contribution in [0.2, 0.25) is 0 Å². The Bertz CT molecular complexity index is 671. The Hall–Kier alpha value is -0.780. The van der Waals surface area contributed by atoms with Gasteiger partial charge in [-0.3, -0.25) is 4.99 Å². The average molecular weight is 396 g/mol. The molecule has 0 amide bonds. The van der Waals surface area contributed by atoms with Crippen molar-refractivity contribution in [3.8, 4) is 0 Å². The SMILES string of the molecule is CCC1(CC)CCN(C(=NCC2CCS(=O)(=O)C2)NC2CC3CCC2C3)C1. The van der Waals surface area contributed by atoms with Gasteiger partial charge < -0.3 is 10.2 Å². The van der Waals surface area contributed by atoms with Crippen molar-refractivity contribution < 1.29 is 8.42 Å². The number of hydrogen-bond donors (Lipinski definition) is 1. The lowest BCUT2D eigenvalue weighted by Gasteiger charge is -2.31. The van der Waals surface area contributed by atoms with Gasteiger partial charge >= 0.3 is 0 Å². The summed E-state index contributed by atoms with van der Waals surface area (Å²) in [5.41, 5.74) is 0.424. The first-order valence-corrected chi connectivity index (χ1v) is 13.0. The summed E-state index contributed by atoms with van der Waals surface area (Å²) >= 11 is 0. The van der Waals surface area contributed by atoms with E-state index in [0.717, 1.165) is 37.3 Å². The minimum absolute atomic E-state index is 0.205. The summed E-state index contributed by atoms with van der Waals surface area (Å²) in [4.78, 5) is 7.48. The lowest BCUT2D eigenvalue weighted by Crippen LogP contribution is -2.47. The maximum absolute atomic E-state index is 11.8. The molecule has 0 spiro atoms. The molecule has 0 aromatic heterocycles. The quantitative estimate of drug-likeness (QED) is 0.574. The summed E-state index contributed by atoms with van der Waals surface area (Å²) in [6.45, 7) is 7.46. The number of guanidine groups is 1. The summed E-state index contributed by atoms with van der Waals surface area (Å²) in [6, 6.07) is 0.577. The molecule has 2 aliphatic heterocycles. The largest absolute Gasteiger partial charge is 0.353 e. The molecule has 4 unspecified atom stereocenters. The molecule has 2 bridgehead atoms. The number of hydrogen-bond acceptors (Lipinski definition) is 3. The van der Waals surface area contributed by atoms with E-state index < -0.39 is 9.84 Å². The monoisotopic (exact) mass is 395 g/mol. The van der Waals surface area contributed by atoms with E-state index >= 15 is 0 Å². The van der Waals surface area contributed by atoms with Crippen LogP contribution in [0.15, 0.2) is 4.99 Å². The lowest BCUT2D eigenvalue weighted by molar-refractivity contribution is 0.273. The molecule has 2 aliphatic carbocycles. The topological polar surface area (TPSA) is 61.8 Å². The second-order valence-electron chi connectivity index (χ2n) is 9.74. The van der Waals surface area contributed by atoms with Crippen LogP contribution in [-0.4, -0.2) is 56.5 Å². The van der Waals surface area contributed by atoms with Gasteiger partial charge in [0.2, 0.25) is 0 Å². The molecule has 0 aromatic carbocycles. The Labute approximate surface area is 165 Å². The Morgan fingerprint density at radius 2 is 2.00 bits per heavy atom.